The first-order chi connectivity index (χ1) is 17.1. The van der Waals surface area contributed by atoms with Crippen molar-refractivity contribution in [2.75, 3.05) is 26.0 Å². The summed E-state index contributed by atoms with van der Waals surface area (Å²) in [7, 11) is 3.96. The number of aliphatic imine (C=N–C) groups is 1. The second-order valence-corrected chi connectivity index (χ2v) is 8.24. The molecule has 1 heterocycles. The number of hydrazine groups is 1. The number of hydrogen-bond acceptors (Lipinski definition) is 7. The van der Waals surface area contributed by atoms with Gasteiger partial charge < -0.3 is 20.4 Å². The Bertz CT molecular complexity index is 1140. The molecule has 1 atom stereocenters. The van der Waals surface area contributed by atoms with Crippen molar-refractivity contribution in [3.63, 3.8) is 0 Å². The van der Waals surface area contributed by atoms with Crippen LogP contribution < -0.4 is 15.4 Å². The van der Waals surface area contributed by atoms with E-state index in [1.54, 1.807) is 24.3 Å². The van der Waals surface area contributed by atoms with E-state index in [0.29, 0.717) is 17.0 Å². The Morgan fingerprint density at radius 2 is 1.78 bits per heavy atom. The molecule has 1 saturated heterocycles. The molecule has 0 aromatic heterocycles. The molecule has 0 spiro atoms. The number of ether oxygens (including phenoxy) is 1. The SMILES string of the molecule is C=C1C(=N/C=C(\C)NC(C)c2cccc(NC(=O)c3ccc(OC(C)=O)cc3)c2)CN(C)N1C.CC. The molecule has 0 radical (unpaired) electrons. The van der Waals surface area contributed by atoms with E-state index in [9.17, 15) is 9.59 Å². The highest BCUT2D eigenvalue weighted by molar-refractivity contribution is 6.04. The smallest absolute Gasteiger partial charge is 0.308 e. The molecule has 1 amide bonds. The Kier molecular flexibility index (Phi) is 10.4. The first-order valence-electron chi connectivity index (χ1n) is 12.0. The Hall–Kier alpha value is -3.91. The van der Waals surface area contributed by atoms with Gasteiger partial charge in [-0.05, 0) is 55.8 Å². The van der Waals surface area contributed by atoms with Gasteiger partial charge in [-0.2, -0.15) is 0 Å². The van der Waals surface area contributed by atoms with Crippen molar-refractivity contribution < 1.29 is 14.3 Å². The van der Waals surface area contributed by atoms with Gasteiger partial charge in [0.1, 0.15) is 5.75 Å². The number of nitrogens with zero attached hydrogens (tertiary/aromatic N) is 3. The van der Waals surface area contributed by atoms with Crippen molar-refractivity contribution in [3.05, 3.63) is 83.8 Å². The fourth-order valence-corrected chi connectivity index (χ4v) is 3.49. The third kappa shape index (κ3) is 7.81. The molecule has 1 fully saturated rings. The van der Waals surface area contributed by atoms with Gasteiger partial charge in [0.15, 0.2) is 0 Å². The number of esters is 1. The third-order valence-electron chi connectivity index (χ3n) is 5.50. The fraction of sp³-hybridized carbons (Fsp3) is 0.321. The minimum Gasteiger partial charge on any atom is -0.427 e. The number of allylic oxidation sites excluding steroid dienone is 1. The quantitative estimate of drug-likeness (QED) is 0.412. The van der Waals surface area contributed by atoms with Crippen LogP contribution in [0.25, 0.3) is 0 Å². The maximum atomic E-state index is 12.6. The maximum Gasteiger partial charge on any atom is 0.308 e. The van der Waals surface area contributed by atoms with E-state index in [-0.39, 0.29) is 11.9 Å². The molecular weight excluding hydrogens is 454 g/mol. The number of hydrogen-bond donors (Lipinski definition) is 2. The first-order valence-corrected chi connectivity index (χ1v) is 12.0. The Morgan fingerprint density at radius 3 is 2.36 bits per heavy atom. The zero-order valence-electron chi connectivity index (χ0n) is 22.3. The average Bonchev–Trinajstić information content (AvgIpc) is 3.10. The molecule has 2 N–H and O–H groups in total. The molecule has 0 aliphatic carbocycles. The summed E-state index contributed by atoms with van der Waals surface area (Å²) in [6, 6.07) is 14.1. The molecule has 0 bridgehead atoms. The maximum absolute atomic E-state index is 12.6. The molecule has 36 heavy (non-hydrogen) atoms. The lowest BCUT2D eigenvalue weighted by molar-refractivity contribution is -0.131. The van der Waals surface area contributed by atoms with Crippen molar-refractivity contribution in [1.82, 2.24) is 15.3 Å². The monoisotopic (exact) mass is 491 g/mol. The summed E-state index contributed by atoms with van der Waals surface area (Å²) >= 11 is 0. The fourth-order valence-electron chi connectivity index (χ4n) is 3.49. The van der Waals surface area contributed by atoms with E-state index in [1.807, 2.05) is 70.3 Å². The Morgan fingerprint density at radius 1 is 1.11 bits per heavy atom. The van der Waals surface area contributed by atoms with Crippen LogP contribution in [0.3, 0.4) is 0 Å². The normalized spacial score (nSPS) is 15.8. The highest BCUT2D eigenvalue weighted by Crippen LogP contribution is 2.20. The van der Waals surface area contributed by atoms with E-state index < -0.39 is 5.97 Å². The summed E-state index contributed by atoms with van der Waals surface area (Å²) < 4.78 is 5.00. The van der Waals surface area contributed by atoms with Gasteiger partial charge in [-0.1, -0.05) is 32.6 Å². The van der Waals surface area contributed by atoms with Crippen LogP contribution >= 0.6 is 0 Å². The summed E-state index contributed by atoms with van der Waals surface area (Å²) in [5, 5.41) is 10.4. The molecule has 2 aromatic rings. The molecule has 1 aliphatic rings. The zero-order chi connectivity index (χ0) is 26.8. The molecular formula is C28H37N5O3. The van der Waals surface area contributed by atoms with E-state index in [0.717, 1.165) is 29.2 Å². The van der Waals surface area contributed by atoms with Crippen LogP contribution in [0.1, 0.15) is 56.6 Å². The number of carbonyl (C=O) groups is 2. The summed E-state index contributed by atoms with van der Waals surface area (Å²) in [5.41, 5.74) is 4.93. The van der Waals surface area contributed by atoms with Gasteiger partial charge in [0.2, 0.25) is 0 Å². The lowest BCUT2D eigenvalue weighted by Crippen LogP contribution is -2.27. The Labute approximate surface area is 214 Å². The topological polar surface area (TPSA) is 86.3 Å². The first kappa shape index (κ1) is 28.3. The minimum absolute atomic E-state index is 0.00782. The second-order valence-electron chi connectivity index (χ2n) is 8.24. The van der Waals surface area contributed by atoms with Crippen molar-refractivity contribution in [2.24, 2.45) is 4.99 Å². The minimum atomic E-state index is -0.404. The van der Waals surface area contributed by atoms with Crippen LogP contribution in [0.15, 0.2) is 77.7 Å². The molecule has 8 nitrogen and oxygen atoms in total. The molecule has 1 unspecified atom stereocenters. The van der Waals surface area contributed by atoms with E-state index in [1.165, 1.54) is 6.92 Å². The van der Waals surface area contributed by atoms with Gasteiger partial charge in [0.05, 0.1) is 18.0 Å². The molecule has 3 rings (SSSR count). The highest BCUT2D eigenvalue weighted by Gasteiger charge is 2.23. The molecule has 8 heteroatoms. The summed E-state index contributed by atoms with van der Waals surface area (Å²) in [4.78, 5) is 28.2. The van der Waals surface area contributed by atoms with E-state index >= 15 is 0 Å². The van der Waals surface area contributed by atoms with Gasteiger partial charge >= 0.3 is 5.97 Å². The van der Waals surface area contributed by atoms with Crippen LogP contribution in [0, 0.1) is 0 Å². The number of rotatable bonds is 7. The van der Waals surface area contributed by atoms with Crippen LogP contribution in [-0.4, -0.2) is 48.2 Å². The molecule has 1 aliphatic heterocycles. The summed E-state index contributed by atoms with van der Waals surface area (Å²) in [6.45, 7) is 14.2. The third-order valence-corrected chi connectivity index (χ3v) is 5.50. The summed E-state index contributed by atoms with van der Waals surface area (Å²) in [6.07, 6.45) is 1.81. The van der Waals surface area contributed by atoms with Crippen molar-refractivity contribution in [1.29, 1.82) is 0 Å². The standard InChI is InChI=1S/C26H31N5O3.C2H6/c1-17(15-27-25-16-30(5)31(6)19(25)3)28-18(2)22-8-7-9-23(14-22)29-26(33)21-10-12-24(13-11-21)34-20(4)32;1-2/h7-15,18,28H,3,16H2,1-2,4-6H3,(H,29,33);1-2H3/b17-15+,27-25?;. The highest BCUT2D eigenvalue weighted by atomic mass is 16.5. The van der Waals surface area contributed by atoms with Crippen LogP contribution in [0.2, 0.25) is 0 Å². The van der Waals surface area contributed by atoms with E-state index in [2.05, 4.69) is 34.1 Å². The zero-order valence-corrected chi connectivity index (χ0v) is 22.3. The second kappa shape index (κ2) is 13.3. The number of benzene rings is 2. The number of anilines is 1. The van der Waals surface area contributed by atoms with Gasteiger partial charge in [-0.15, -0.1) is 0 Å². The van der Waals surface area contributed by atoms with Crippen LogP contribution in [0.4, 0.5) is 5.69 Å². The van der Waals surface area contributed by atoms with Crippen LogP contribution in [-0.2, 0) is 4.79 Å². The number of nitrogens with one attached hydrogen (secondary N) is 2. The van der Waals surface area contributed by atoms with E-state index in [4.69, 9.17) is 4.74 Å². The molecule has 0 saturated carbocycles. The van der Waals surface area contributed by atoms with Crippen molar-refractivity contribution in [2.45, 2.75) is 40.7 Å². The van der Waals surface area contributed by atoms with Crippen molar-refractivity contribution >= 4 is 23.3 Å². The van der Waals surface area contributed by atoms with Gasteiger partial charge in [-0.25, -0.2) is 5.01 Å². The predicted octanol–water partition coefficient (Wildman–Crippen LogP) is 5.15. The lowest BCUT2D eigenvalue weighted by Gasteiger charge is -2.19. The average molecular weight is 492 g/mol. The largest absolute Gasteiger partial charge is 0.427 e. The molecule has 2 aromatic carbocycles. The lowest BCUT2D eigenvalue weighted by atomic mass is 10.1. The van der Waals surface area contributed by atoms with Crippen LogP contribution in [0.5, 0.6) is 5.75 Å². The van der Waals surface area contributed by atoms with Gasteiger partial charge in [0, 0.05) is 50.2 Å². The summed E-state index contributed by atoms with van der Waals surface area (Å²) in [5.74, 6) is -0.250. The molecule has 192 valence electrons. The number of carbonyl (C=O) groups excluding carboxylic acids is 2. The van der Waals surface area contributed by atoms with Gasteiger partial charge in [0.25, 0.3) is 5.91 Å². The van der Waals surface area contributed by atoms with Gasteiger partial charge in [-0.3, -0.25) is 14.6 Å². The number of amides is 1. The van der Waals surface area contributed by atoms with Crippen molar-refractivity contribution in [3.8, 4) is 5.75 Å². The Balaban J connectivity index is 0.00000222. The predicted molar refractivity (Wildman–Crippen MR) is 146 cm³/mol.